The fourth-order valence-electron chi connectivity index (χ4n) is 1.97. The lowest BCUT2D eigenvalue weighted by Crippen LogP contribution is -2.13. The molecule has 4 nitrogen and oxygen atoms in total. The first-order chi connectivity index (χ1) is 9.17. The average Bonchev–Trinajstić information content (AvgIpc) is 2.89. The van der Waals surface area contributed by atoms with Crippen LogP contribution in [0.3, 0.4) is 0 Å². The number of benzene rings is 2. The largest absolute Gasteiger partial charge is 0.359 e. The maximum atomic E-state index is 12.2. The van der Waals surface area contributed by atoms with Crippen LogP contribution in [0.5, 0.6) is 0 Å². The molecule has 0 aliphatic carbocycles. The highest BCUT2D eigenvalue weighted by Crippen LogP contribution is 2.24. The van der Waals surface area contributed by atoms with Crippen LogP contribution in [-0.2, 0) is 10.0 Å². The third kappa shape index (κ3) is 2.20. The third-order valence-corrected chi connectivity index (χ3v) is 4.27. The first-order valence-electron chi connectivity index (χ1n) is 5.81. The molecule has 19 heavy (non-hydrogen) atoms. The summed E-state index contributed by atoms with van der Waals surface area (Å²) in [4.78, 5) is 3.28. The minimum atomic E-state index is -3.55. The molecule has 2 N–H and O–H groups in total. The molecule has 1 aromatic heterocycles. The van der Waals surface area contributed by atoms with E-state index >= 15 is 0 Å². The van der Waals surface area contributed by atoms with Crippen molar-refractivity contribution in [3.63, 3.8) is 0 Å². The highest BCUT2D eigenvalue weighted by Gasteiger charge is 2.14. The van der Waals surface area contributed by atoms with E-state index in [-0.39, 0.29) is 4.90 Å². The number of anilines is 1. The van der Waals surface area contributed by atoms with E-state index in [1.165, 1.54) is 0 Å². The van der Waals surface area contributed by atoms with E-state index in [1.807, 2.05) is 18.2 Å². The van der Waals surface area contributed by atoms with Crippen LogP contribution in [0.4, 0.5) is 5.69 Å². The van der Waals surface area contributed by atoms with Crippen molar-refractivity contribution in [2.45, 2.75) is 4.90 Å². The Morgan fingerprint density at radius 2 is 1.68 bits per heavy atom. The summed E-state index contributed by atoms with van der Waals surface area (Å²) in [5.74, 6) is 0. The predicted molar refractivity (Wildman–Crippen MR) is 75.5 cm³/mol. The van der Waals surface area contributed by atoms with Gasteiger partial charge < -0.3 is 4.98 Å². The van der Waals surface area contributed by atoms with Crippen LogP contribution >= 0.6 is 0 Å². The van der Waals surface area contributed by atoms with Crippen molar-refractivity contribution in [1.82, 2.24) is 4.98 Å². The van der Waals surface area contributed by atoms with Gasteiger partial charge in [0.1, 0.15) is 0 Å². The minimum Gasteiger partial charge on any atom is -0.359 e. The molecular weight excluding hydrogens is 260 g/mol. The third-order valence-electron chi connectivity index (χ3n) is 2.89. The Hall–Kier alpha value is -2.27. The quantitative estimate of drug-likeness (QED) is 0.770. The maximum Gasteiger partial charge on any atom is 0.261 e. The van der Waals surface area contributed by atoms with E-state index in [4.69, 9.17) is 0 Å². The van der Waals surface area contributed by atoms with Crippen molar-refractivity contribution in [1.29, 1.82) is 0 Å². The van der Waals surface area contributed by atoms with Gasteiger partial charge in [-0.05, 0) is 24.3 Å². The number of aromatic nitrogens is 1. The Morgan fingerprint density at radius 3 is 2.47 bits per heavy atom. The van der Waals surface area contributed by atoms with E-state index < -0.39 is 10.0 Å². The molecule has 0 saturated heterocycles. The molecule has 0 aliphatic heterocycles. The summed E-state index contributed by atoms with van der Waals surface area (Å²) in [6.07, 6.45) is 1.78. The first-order valence-corrected chi connectivity index (χ1v) is 7.29. The van der Waals surface area contributed by atoms with Crippen molar-refractivity contribution in [3.8, 4) is 0 Å². The van der Waals surface area contributed by atoms with Crippen LogP contribution in [-0.4, -0.2) is 13.4 Å². The van der Waals surface area contributed by atoms with Crippen molar-refractivity contribution in [2.24, 2.45) is 0 Å². The summed E-state index contributed by atoms with van der Waals surface area (Å²) < 4.78 is 27.1. The van der Waals surface area contributed by atoms with Gasteiger partial charge in [-0.1, -0.05) is 30.3 Å². The summed E-state index contributed by atoms with van der Waals surface area (Å²) in [5.41, 5.74) is 1.33. The molecule has 0 bridgehead atoms. The first kappa shape index (κ1) is 11.8. The number of fused-ring (bicyclic) bond motifs is 1. The van der Waals surface area contributed by atoms with E-state index in [2.05, 4.69) is 9.71 Å². The van der Waals surface area contributed by atoms with E-state index in [0.29, 0.717) is 5.69 Å². The minimum absolute atomic E-state index is 0.249. The van der Waals surface area contributed by atoms with E-state index in [1.54, 1.807) is 42.6 Å². The molecule has 3 rings (SSSR count). The second-order valence-corrected chi connectivity index (χ2v) is 5.85. The van der Waals surface area contributed by atoms with Crippen LogP contribution in [0.15, 0.2) is 65.7 Å². The SMILES string of the molecule is O=S(=O)(Nc1cccc2cc[nH]c12)c1ccccc1. The van der Waals surface area contributed by atoms with E-state index in [0.717, 1.165) is 10.9 Å². The number of aromatic amines is 1. The van der Waals surface area contributed by atoms with Gasteiger partial charge in [0.2, 0.25) is 0 Å². The normalized spacial score (nSPS) is 11.6. The fraction of sp³-hybridized carbons (Fsp3) is 0. The number of H-pyrrole nitrogens is 1. The number of sulfonamides is 1. The lowest BCUT2D eigenvalue weighted by atomic mass is 10.2. The molecule has 0 fully saturated rings. The summed E-state index contributed by atoms with van der Waals surface area (Å²) in [6.45, 7) is 0. The highest BCUT2D eigenvalue weighted by atomic mass is 32.2. The highest BCUT2D eigenvalue weighted by molar-refractivity contribution is 7.92. The zero-order valence-electron chi connectivity index (χ0n) is 10.00. The summed E-state index contributed by atoms with van der Waals surface area (Å²) in [7, 11) is -3.55. The summed E-state index contributed by atoms with van der Waals surface area (Å²) in [6, 6.07) is 15.7. The number of nitrogens with one attached hydrogen (secondary N) is 2. The van der Waals surface area contributed by atoms with Gasteiger partial charge in [-0.2, -0.15) is 0 Å². The van der Waals surface area contributed by atoms with Gasteiger partial charge in [-0.15, -0.1) is 0 Å². The zero-order chi connectivity index (χ0) is 13.3. The summed E-state index contributed by atoms with van der Waals surface area (Å²) in [5, 5.41) is 0.966. The van der Waals surface area contributed by atoms with Crippen LogP contribution in [0.1, 0.15) is 0 Å². The Balaban J connectivity index is 2.04. The smallest absolute Gasteiger partial charge is 0.261 e. The van der Waals surface area contributed by atoms with Crippen LogP contribution in [0, 0.1) is 0 Å². The van der Waals surface area contributed by atoms with Crippen molar-refractivity contribution < 1.29 is 8.42 Å². The van der Waals surface area contributed by atoms with Crippen LogP contribution in [0.2, 0.25) is 0 Å². The number of hydrogen-bond acceptors (Lipinski definition) is 2. The molecule has 0 spiro atoms. The fourth-order valence-corrected chi connectivity index (χ4v) is 3.07. The molecule has 0 saturated carbocycles. The van der Waals surface area contributed by atoms with Crippen molar-refractivity contribution in [3.05, 3.63) is 60.8 Å². The number of hydrogen-bond donors (Lipinski definition) is 2. The predicted octanol–water partition coefficient (Wildman–Crippen LogP) is 2.97. The van der Waals surface area contributed by atoms with Gasteiger partial charge in [0.05, 0.1) is 16.1 Å². The average molecular weight is 272 g/mol. The molecular formula is C14H12N2O2S. The van der Waals surface area contributed by atoms with Crippen molar-refractivity contribution in [2.75, 3.05) is 4.72 Å². The van der Waals surface area contributed by atoms with Gasteiger partial charge in [-0.25, -0.2) is 8.42 Å². The summed E-state index contributed by atoms with van der Waals surface area (Å²) >= 11 is 0. The maximum absolute atomic E-state index is 12.2. The Morgan fingerprint density at radius 1 is 0.895 bits per heavy atom. The standard InChI is InChI=1S/C14H12N2O2S/c17-19(18,12-6-2-1-3-7-12)16-13-8-4-5-11-9-10-15-14(11)13/h1-10,15-16H. The second-order valence-electron chi connectivity index (χ2n) is 4.17. The molecule has 1 heterocycles. The topological polar surface area (TPSA) is 62.0 Å². The number of rotatable bonds is 3. The van der Waals surface area contributed by atoms with Gasteiger partial charge >= 0.3 is 0 Å². The Bertz CT molecular complexity index is 808. The Kier molecular flexibility index (Phi) is 2.76. The van der Waals surface area contributed by atoms with Crippen molar-refractivity contribution >= 4 is 26.6 Å². The lowest BCUT2D eigenvalue weighted by molar-refractivity contribution is 0.601. The Labute approximate surface area is 111 Å². The molecule has 2 aromatic carbocycles. The number of para-hydroxylation sites is 1. The monoisotopic (exact) mass is 272 g/mol. The molecule has 0 atom stereocenters. The van der Waals surface area contributed by atoms with Gasteiger partial charge in [0.15, 0.2) is 0 Å². The molecule has 0 radical (unpaired) electrons. The second kappa shape index (κ2) is 4.44. The molecule has 96 valence electrons. The van der Waals surface area contributed by atoms with Gasteiger partial charge in [-0.3, -0.25) is 4.72 Å². The zero-order valence-corrected chi connectivity index (χ0v) is 10.8. The van der Waals surface area contributed by atoms with E-state index in [9.17, 15) is 8.42 Å². The van der Waals surface area contributed by atoms with Crippen LogP contribution in [0.25, 0.3) is 10.9 Å². The molecule has 0 unspecified atom stereocenters. The van der Waals surface area contributed by atoms with Gasteiger partial charge in [0, 0.05) is 11.6 Å². The molecule has 0 amide bonds. The van der Waals surface area contributed by atoms with Gasteiger partial charge in [0.25, 0.3) is 10.0 Å². The molecule has 5 heteroatoms. The lowest BCUT2D eigenvalue weighted by Gasteiger charge is -2.08. The molecule has 0 aliphatic rings. The molecule has 3 aromatic rings. The van der Waals surface area contributed by atoms with Crippen LogP contribution < -0.4 is 4.72 Å².